The highest BCUT2D eigenvalue weighted by atomic mass is 16.5. The van der Waals surface area contributed by atoms with Gasteiger partial charge in [0.25, 0.3) is 0 Å². The Balaban J connectivity index is 2.10. The van der Waals surface area contributed by atoms with Crippen LogP contribution in [0, 0.1) is 6.92 Å². The van der Waals surface area contributed by atoms with Crippen molar-refractivity contribution in [1.29, 1.82) is 0 Å². The Morgan fingerprint density at radius 1 is 1.09 bits per heavy atom. The molecular formula is C27H36N4O3. The van der Waals surface area contributed by atoms with Crippen molar-refractivity contribution in [3.63, 3.8) is 0 Å². The second-order valence-electron chi connectivity index (χ2n) is 9.43. The van der Waals surface area contributed by atoms with Crippen LogP contribution in [0.3, 0.4) is 0 Å². The maximum absolute atomic E-state index is 13.2. The summed E-state index contributed by atoms with van der Waals surface area (Å²) in [5, 5.41) is 7.90. The van der Waals surface area contributed by atoms with Gasteiger partial charge in [-0.25, -0.2) is 9.48 Å². The van der Waals surface area contributed by atoms with E-state index < -0.39 is 0 Å². The molecule has 1 atom stereocenters. The van der Waals surface area contributed by atoms with E-state index in [-0.39, 0.29) is 17.6 Å². The highest BCUT2D eigenvalue weighted by Crippen LogP contribution is 2.36. The molecule has 3 rings (SSSR count). The number of ether oxygens (including phenoxy) is 2. The van der Waals surface area contributed by atoms with Crippen LogP contribution in [0.2, 0.25) is 0 Å². The number of hydrogen-bond acceptors (Lipinski definition) is 4. The second-order valence-corrected chi connectivity index (χ2v) is 9.43. The van der Waals surface area contributed by atoms with Crippen LogP contribution in [0.1, 0.15) is 52.3 Å². The molecule has 0 saturated carbocycles. The number of carbonyl (C=O) groups excluding carboxylic acids is 1. The van der Waals surface area contributed by atoms with Crippen LogP contribution in [0.5, 0.6) is 17.4 Å². The molecule has 34 heavy (non-hydrogen) atoms. The van der Waals surface area contributed by atoms with Gasteiger partial charge in [0.2, 0.25) is 5.88 Å². The lowest BCUT2D eigenvalue weighted by Gasteiger charge is -2.32. The van der Waals surface area contributed by atoms with Gasteiger partial charge >= 0.3 is 6.03 Å². The van der Waals surface area contributed by atoms with E-state index in [0.29, 0.717) is 23.9 Å². The van der Waals surface area contributed by atoms with Crippen LogP contribution >= 0.6 is 0 Å². The molecule has 2 aromatic carbocycles. The molecule has 0 fully saturated rings. The molecule has 0 aliphatic heterocycles. The lowest BCUT2D eigenvalue weighted by molar-refractivity contribution is 0.164. The number of rotatable bonds is 8. The number of benzene rings is 2. The lowest BCUT2D eigenvalue weighted by Crippen LogP contribution is -2.50. The third kappa shape index (κ3) is 5.90. The second kappa shape index (κ2) is 10.6. The number of methoxy groups -OCH3 is 1. The van der Waals surface area contributed by atoms with Crippen molar-refractivity contribution in [3.05, 3.63) is 65.9 Å². The van der Waals surface area contributed by atoms with Gasteiger partial charge in [-0.2, -0.15) is 5.10 Å². The first kappa shape index (κ1) is 25.1. The monoisotopic (exact) mass is 464 g/mol. The fourth-order valence-electron chi connectivity index (χ4n) is 3.59. The summed E-state index contributed by atoms with van der Waals surface area (Å²) in [6.45, 7) is 12.4. The third-order valence-corrected chi connectivity index (χ3v) is 5.61. The largest absolute Gasteiger partial charge is 0.493 e. The zero-order valence-electron chi connectivity index (χ0n) is 21.3. The Morgan fingerprint density at radius 2 is 1.71 bits per heavy atom. The van der Waals surface area contributed by atoms with Crippen LogP contribution in [0.4, 0.5) is 4.79 Å². The fourth-order valence-corrected chi connectivity index (χ4v) is 3.59. The molecule has 2 amide bonds. The van der Waals surface area contributed by atoms with Crippen molar-refractivity contribution >= 4 is 6.03 Å². The van der Waals surface area contributed by atoms with Crippen molar-refractivity contribution < 1.29 is 14.3 Å². The smallest absolute Gasteiger partial charge is 0.318 e. The van der Waals surface area contributed by atoms with Gasteiger partial charge in [-0.05, 0) is 65.3 Å². The van der Waals surface area contributed by atoms with Gasteiger partial charge in [0.15, 0.2) is 11.5 Å². The van der Waals surface area contributed by atoms with E-state index in [1.54, 1.807) is 11.8 Å². The molecule has 182 valence electrons. The molecule has 0 bridgehead atoms. The quantitative estimate of drug-likeness (QED) is 0.438. The number of nitrogens with zero attached hydrogens (tertiary/aromatic N) is 3. The maximum atomic E-state index is 13.2. The number of urea groups is 1. The van der Waals surface area contributed by atoms with Gasteiger partial charge in [-0.1, -0.05) is 37.3 Å². The summed E-state index contributed by atoms with van der Waals surface area (Å²) >= 11 is 0. The Morgan fingerprint density at radius 3 is 2.29 bits per heavy atom. The SMILES string of the molecule is CC[C@H](C)N(Cc1c(C)nn(-c2ccccc2)c1Oc1ccccc1OC)C(=O)NC(C)(C)C. The summed E-state index contributed by atoms with van der Waals surface area (Å²) in [7, 11) is 1.62. The Labute approximate surface area is 202 Å². The zero-order valence-corrected chi connectivity index (χ0v) is 21.3. The number of amides is 2. The van der Waals surface area contributed by atoms with Crippen LogP contribution in [-0.4, -0.2) is 39.4 Å². The molecule has 1 N–H and O–H groups in total. The molecule has 0 radical (unpaired) electrons. The Hall–Kier alpha value is -3.48. The average Bonchev–Trinajstić information content (AvgIpc) is 3.11. The van der Waals surface area contributed by atoms with E-state index in [0.717, 1.165) is 23.4 Å². The van der Waals surface area contributed by atoms with Gasteiger partial charge in [0.1, 0.15) is 0 Å². The van der Waals surface area contributed by atoms with Crippen LogP contribution in [0.15, 0.2) is 54.6 Å². The van der Waals surface area contributed by atoms with E-state index in [1.165, 1.54) is 0 Å². The Kier molecular flexibility index (Phi) is 7.87. The summed E-state index contributed by atoms with van der Waals surface area (Å²) in [5.41, 5.74) is 2.17. The maximum Gasteiger partial charge on any atom is 0.318 e. The molecule has 0 aliphatic carbocycles. The number of carbonyl (C=O) groups is 1. The van der Waals surface area contributed by atoms with Crippen molar-refractivity contribution in [1.82, 2.24) is 20.0 Å². The van der Waals surface area contributed by atoms with Gasteiger partial charge in [-0.15, -0.1) is 0 Å². The first-order chi connectivity index (χ1) is 16.1. The normalized spacial score (nSPS) is 12.2. The van der Waals surface area contributed by atoms with Crippen LogP contribution in [-0.2, 0) is 6.54 Å². The molecule has 7 nitrogen and oxygen atoms in total. The summed E-state index contributed by atoms with van der Waals surface area (Å²) in [6, 6.07) is 17.3. The van der Waals surface area contributed by atoms with Crippen molar-refractivity contribution in [2.24, 2.45) is 0 Å². The lowest BCUT2D eigenvalue weighted by atomic mass is 10.1. The van der Waals surface area contributed by atoms with E-state index in [9.17, 15) is 4.79 Å². The molecule has 3 aromatic rings. The summed E-state index contributed by atoms with van der Waals surface area (Å²) in [4.78, 5) is 15.1. The highest BCUT2D eigenvalue weighted by Gasteiger charge is 2.28. The number of aromatic nitrogens is 2. The molecular weight excluding hydrogens is 428 g/mol. The summed E-state index contributed by atoms with van der Waals surface area (Å²) < 4.78 is 13.7. The molecule has 0 aliphatic rings. The standard InChI is InChI=1S/C27H36N4O3/c1-8-19(2)30(26(32)28-27(4,5)6)18-22-20(3)29-31(21-14-10-9-11-15-21)25(22)34-24-17-13-12-16-23(24)33-7/h9-17,19H,8,18H2,1-7H3,(H,28,32)/t19-/m0/s1. The van der Waals surface area contributed by atoms with Crippen molar-refractivity contribution in [2.45, 2.75) is 66.1 Å². The van der Waals surface area contributed by atoms with Crippen molar-refractivity contribution in [3.8, 4) is 23.1 Å². The molecule has 7 heteroatoms. The average molecular weight is 465 g/mol. The molecule has 1 heterocycles. The van der Waals surface area contributed by atoms with Gasteiger partial charge in [0, 0.05) is 11.6 Å². The van der Waals surface area contributed by atoms with Crippen LogP contribution in [0.25, 0.3) is 5.69 Å². The topological polar surface area (TPSA) is 68.6 Å². The predicted molar refractivity (Wildman–Crippen MR) is 135 cm³/mol. The van der Waals surface area contributed by atoms with Crippen LogP contribution < -0.4 is 14.8 Å². The fraction of sp³-hybridized carbons (Fsp3) is 0.407. The van der Waals surface area contributed by atoms with E-state index in [2.05, 4.69) is 19.2 Å². The number of hydrogen-bond donors (Lipinski definition) is 1. The first-order valence-electron chi connectivity index (χ1n) is 11.7. The van der Waals surface area contributed by atoms with E-state index in [1.807, 2.05) is 87.2 Å². The Bertz CT molecular complexity index is 1100. The van der Waals surface area contributed by atoms with Gasteiger partial charge in [0.05, 0.1) is 30.6 Å². The predicted octanol–water partition coefficient (Wildman–Crippen LogP) is 6.09. The first-order valence-corrected chi connectivity index (χ1v) is 11.7. The zero-order chi connectivity index (χ0) is 24.9. The molecule has 0 unspecified atom stereocenters. The van der Waals surface area contributed by atoms with E-state index >= 15 is 0 Å². The molecule has 0 saturated heterocycles. The summed E-state index contributed by atoms with van der Waals surface area (Å²) in [6.07, 6.45) is 0.826. The van der Waals surface area contributed by atoms with Gasteiger partial charge < -0.3 is 19.7 Å². The highest BCUT2D eigenvalue weighted by molar-refractivity contribution is 5.75. The minimum Gasteiger partial charge on any atom is -0.493 e. The van der Waals surface area contributed by atoms with Gasteiger partial charge in [-0.3, -0.25) is 0 Å². The number of para-hydroxylation sites is 3. The molecule has 1 aromatic heterocycles. The third-order valence-electron chi connectivity index (χ3n) is 5.61. The summed E-state index contributed by atoms with van der Waals surface area (Å²) in [5.74, 6) is 1.76. The van der Waals surface area contributed by atoms with E-state index in [4.69, 9.17) is 14.6 Å². The minimum absolute atomic E-state index is 0.0286. The van der Waals surface area contributed by atoms with Crippen molar-refractivity contribution in [2.75, 3.05) is 7.11 Å². The number of aryl methyl sites for hydroxylation is 1. The molecule has 0 spiro atoms. The minimum atomic E-state index is -0.344. The number of nitrogens with one attached hydrogen (secondary N) is 1.